The molecular formula is C20H17ClN2O3S. The lowest BCUT2D eigenvalue weighted by Gasteiger charge is -2.09. The molecule has 0 fully saturated rings. The second-order valence-electron chi connectivity index (χ2n) is 5.85. The molecule has 5 nitrogen and oxygen atoms in total. The number of hydrogen-bond acceptors (Lipinski definition) is 5. The van der Waals surface area contributed by atoms with Crippen molar-refractivity contribution >= 4 is 39.8 Å². The Hall–Kier alpha value is -2.70. The Morgan fingerprint density at radius 3 is 2.59 bits per heavy atom. The van der Waals surface area contributed by atoms with Crippen molar-refractivity contribution in [2.45, 2.75) is 13.3 Å². The van der Waals surface area contributed by atoms with Crippen LogP contribution in [0.25, 0.3) is 11.3 Å². The molecule has 0 bridgehead atoms. The molecule has 2 aromatic carbocycles. The molecule has 0 spiro atoms. The summed E-state index contributed by atoms with van der Waals surface area (Å²) in [5.41, 5.74) is 2.88. The van der Waals surface area contributed by atoms with Gasteiger partial charge in [0.25, 0.3) is 0 Å². The number of carbonyl (C=O) groups is 2. The van der Waals surface area contributed by atoms with Gasteiger partial charge in [-0.25, -0.2) is 4.98 Å². The summed E-state index contributed by atoms with van der Waals surface area (Å²) in [6, 6.07) is 12.4. The topological polar surface area (TPSA) is 68.3 Å². The summed E-state index contributed by atoms with van der Waals surface area (Å²) < 4.78 is 5.29. The minimum atomic E-state index is -0.231. The third-order valence-corrected chi connectivity index (χ3v) is 4.94. The lowest BCUT2D eigenvalue weighted by molar-refractivity contribution is -0.115. The number of rotatable bonds is 6. The van der Waals surface area contributed by atoms with Gasteiger partial charge in [-0.1, -0.05) is 23.7 Å². The molecule has 0 aliphatic heterocycles. The number of amides is 1. The second-order valence-corrected chi connectivity index (χ2v) is 7.15. The van der Waals surface area contributed by atoms with Crippen LogP contribution in [0.4, 0.5) is 5.13 Å². The van der Waals surface area contributed by atoms with Gasteiger partial charge in [-0.05, 0) is 37.3 Å². The van der Waals surface area contributed by atoms with Crippen molar-refractivity contribution in [1.29, 1.82) is 0 Å². The highest BCUT2D eigenvalue weighted by Crippen LogP contribution is 2.26. The van der Waals surface area contributed by atoms with E-state index >= 15 is 0 Å². The van der Waals surface area contributed by atoms with Crippen LogP contribution in [0.3, 0.4) is 0 Å². The normalized spacial score (nSPS) is 10.5. The Balaban J connectivity index is 1.72. The average molecular weight is 401 g/mol. The summed E-state index contributed by atoms with van der Waals surface area (Å²) >= 11 is 7.24. The molecule has 0 saturated heterocycles. The number of nitrogens with zero attached hydrogens (tertiary/aromatic N) is 1. The number of Topliss-reactive ketones (excluding diaryl/α,β-unsaturated/α-hetero) is 1. The van der Waals surface area contributed by atoms with Gasteiger partial charge in [0.05, 0.1) is 19.2 Å². The number of aromatic nitrogens is 1. The third kappa shape index (κ3) is 4.72. The molecule has 1 aromatic heterocycles. The monoisotopic (exact) mass is 400 g/mol. The molecule has 27 heavy (non-hydrogen) atoms. The number of hydrogen-bond donors (Lipinski definition) is 1. The van der Waals surface area contributed by atoms with Crippen molar-refractivity contribution in [2.75, 3.05) is 12.4 Å². The van der Waals surface area contributed by atoms with Gasteiger partial charge in [0.1, 0.15) is 5.75 Å². The molecule has 0 radical (unpaired) electrons. The summed E-state index contributed by atoms with van der Waals surface area (Å²) in [7, 11) is 1.53. The first kappa shape index (κ1) is 19.1. The fourth-order valence-corrected chi connectivity index (χ4v) is 3.42. The molecule has 1 heterocycles. The molecule has 0 unspecified atom stereocenters. The van der Waals surface area contributed by atoms with Gasteiger partial charge in [0.2, 0.25) is 5.91 Å². The van der Waals surface area contributed by atoms with E-state index in [0.717, 1.165) is 11.3 Å². The second kappa shape index (κ2) is 8.33. The largest absolute Gasteiger partial charge is 0.496 e. The molecule has 7 heteroatoms. The van der Waals surface area contributed by atoms with Crippen LogP contribution in [0.1, 0.15) is 22.8 Å². The SMILES string of the molecule is COc1ccc(C(C)=O)cc1CC(=O)Nc1nc(-c2ccc(Cl)cc2)cs1. The first-order chi connectivity index (χ1) is 13.0. The molecule has 0 saturated carbocycles. The van der Waals surface area contributed by atoms with Crippen LogP contribution in [0.2, 0.25) is 5.02 Å². The number of carbonyl (C=O) groups excluding carboxylic acids is 2. The smallest absolute Gasteiger partial charge is 0.230 e. The summed E-state index contributed by atoms with van der Waals surface area (Å²) in [5.74, 6) is 0.272. The van der Waals surface area contributed by atoms with Crippen LogP contribution in [0, 0.1) is 0 Å². The molecule has 0 atom stereocenters. The zero-order chi connectivity index (χ0) is 19.4. The number of ether oxygens (including phenoxy) is 1. The van der Waals surface area contributed by atoms with E-state index in [1.54, 1.807) is 30.3 Å². The first-order valence-electron chi connectivity index (χ1n) is 8.15. The summed E-state index contributed by atoms with van der Waals surface area (Å²) in [6.07, 6.45) is 0.0835. The first-order valence-corrected chi connectivity index (χ1v) is 9.41. The Morgan fingerprint density at radius 2 is 1.93 bits per heavy atom. The molecule has 1 N–H and O–H groups in total. The summed E-state index contributed by atoms with van der Waals surface area (Å²) in [5, 5.41) is 5.83. The van der Waals surface area contributed by atoms with Gasteiger partial charge in [0.15, 0.2) is 10.9 Å². The zero-order valence-corrected chi connectivity index (χ0v) is 16.4. The van der Waals surface area contributed by atoms with E-state index in [1.165, 1.54) is 25.4 Å². The van der Waals surface area contributed by atoms with E-state index in [-0.39, 0.29) is 18.1 Å². The van der Waals surface area contributed by atoms with Crippen molar-refractivity contribution < 1.29 is 14.3 Å². The van der Waals surface area contributed by atoms with E-state index in [4.69, 9.17) is 16.3 Å². The quantitative estimate of drug-likeness (QED) is 0.600. The standard InChI is InChI=1S/C20H17ClN2O3S/c1-12(24)14-5-8-18(26-2)15(9-14)10-19(25)23-20-22-17(11-27-20)13-3-6-16(21)7-4-13/h3-9,11H,10H2,1-2H3,(H,22,23,25). The molecule has 3 aromatic rings. The highest BCUT2D eigenvalue weighted by atomic mass is 35.5. The summed E-state index contributed by atoms with van der Waals surface area (Å²) in [4.78, 5) is 28.4. The Morgan fingerprint density at radius 1 is 1.19 bits per heavy atom. The Kier molecular flexibility index (Phi) is 5.88. The number of methoxy groups -OCH3 is 1. The average Bonchev–Trinajstić information content (AvgIpc) is 3.10. The van der Waals surface area contributed by atoms with Gasteiger partial charge in [-0.3, -0.25) is 9.59 Å². The van der Waals surface area contributed by atoms with Crippen LogP contribution in [0.5, 0.6) is 5.75 Å². The molecule has 1 amide bonds. The van der Waals surface area contributed by atoms with Gasteiger partial charge < -0.3 is 10.1 Å². The van der Waals surface area contributed by atoms with Crippen molar-refractivity contribution in [3.63, 3.8) is 0 Å². The number of thiazole rings is 1. The van der Waals surface area contributed by atoms with Crippen LogP contribution < -0.4 is 10.1 Å². The lowest BCUT2D eigenvalue weighted by atomic mass is 10.0. The van der Waals surface area contributed by atoms with Crippen molar-refractivity contribution in [1.82, 2.24) is 4.98 Å². The predicted molar refractivity (Wildman–Crippen MR) is 108 cm³/mol. The zero-order valence-electron chi connectivity index (χ0n) is 14.8. The Labute approximate surface area is 166 Å². The molecule has 3 rings (SSSR count). The lowest BCUT2D eigenvalue weighted by Crippen LogP contribution is -2.15. The van der Waals surface area contributed by atoms with Gasteiger partial charge in [0, 0.05) is 27.1 Å². The summed E-state index contributed by atoms with van der Waals surface area (Å²) in [6.45, 7) is 1.49. The Bertz CT molecular complexity index is 983. The van der Waals surface area contributed by atoms with E-state index in [9.17, 15) is 9.59 Å². The van der Waals surface area contributed by atoms with Crippen molar-refractivity contribution in [3.05, 3.63) is 64.0 Å². The number of nitrogens with one attached hydrogen (secondary N) is 1. The van der Waals surface area contributed by atoms with Crippen LogP contribution in [0.15, 0.2) is 47.8 Å². The fourth-order valence-electron chi connectivity index (χ4n) is 2.56. The number of ketones is 1. The molecular weight excluding hydrogens is 384 g/mol. The van der Waals surface area contributed by atoms with Crippen LogP contribution >= 0.6 is 22.9 Å². The van der Waals surface area contributed by atoms with Gasteiger partial charge in [-0.15, -0.1) is 11.3 Å². The molecule has 0 aliphatic rings. The van der Waals surface area contributed by atoms with E-state index < -0.39 is 0 Å². The molecule has 0 aliphatic carbocycles. The van der Waals surface area contributed by atoms with Crippen LogP contribution in [-0.4, -0.2) is 23.8 Å². The minimum Gasteiger partial charge on any atom is -0.496 e. The van der Waals surface area contributed by atoms with E-state index in [2.05, 4.69) is 10.3 Å². The van der Waals surface area contributed by atoms with E-state index in [0.29, 0.717) is 27.0 Å². The maximum absolute atomic E-state index is 12.4. The van der Waals surface area contributed by atoms with E-state index in [1.807, 2.05) is 17.5 Å². The maximum Gasteiger partial charge on any atom is 0.230 e. The van der Waals surface area contributed by atoms with Crippen LogP contribution in [-0.2, 0) is 11.2 Å². The fraction of sp³-hybridized carbons (Fsp3) is 0.150. The minimum absolute atomic E-state index is 0.0631. The number of benzene rings is 2. The highest BCUT2D eigenvalue weighted by Gasteiger charge is 2.13. The predicted octanol–water partition coefficient (Wildman–Crippen LogP) is 4.86. The number of halogens is 1. The number of anilines is 1. The third-order valence-electron chi connectivity index (χ3n) is 3.93. The maximum atomic E-state index is 12.4. The van der Waals surface area contributed by atoms with Crippen molar-refractivity contribution in [2.24, 2.45) is 0 Å². The van der Waals surface area contributed by atoms with Gasteiger partial charge in [-0.2, -0.15) is 0 Å². The van der Waals surface area contributed by atoms with Gasteiger partial charge >= 0.3 is 0 Å². The van der Waals surface area contributed by atoms with Crippen molar-refractivity contribution in [3.8, 4) is 17.0 Å². The molecule has 138 valence electrons. The highest BCUT2D eigenvalue weighted by molar-refractivity contribution is 7.14.